The van der Waals surface area contributed by atoms with Crippen LogP contribution in [0, 0.1) is 5.82 Å². The molecular weight excluding hydrogens is 307 g/mol. The summed E-state index contributed by atoms with van der Waals surface area (Å²) in [6, 6.07) is 11.2. The maximum atomic E-state index is 13.0. The summed E-state index contributed by atoms with van der Waals surface area (Å²) in [4.78, 5) is 0.510. The SMILES string of the molecule is Fc1ccc(CNc2ccc(SC(F)F)cc2)cc1Cl. The number of rotatable bonds is 5. The molecule has 1 N–H and O–H groups in total. The molecule has 20 heavy (non-hydrogen) atoms. The van der Waals surface area contributed by atoms with E-state index in [0.717, 1.165) is 11.3 Å². The first kappa shape index (κ1) is 15.1. The minimum Gasteiger partial charge on any atom is -0.381 e. The summed E-state index contributed by atoms with van der Waals surface area (Å²) in [5, 5.41) is 3.19. The lowest BCUT2D eigenvalue weighted by molar-refractivity contribution is 0.252. The van der Waals surface area contributed by atoms with Gasteiger partial charge in [-0.2, -0.15) is 8.78 Å². The summed E-state index contributed by atoms with van der Waals surface area (Å²) in [5.74, 6) is -2.88. The summed E-state index contributed by atoms with van der Waals surface area (Å²) in [6.45, 7) is 0.474. The Morgan fingerprint density at radius 3 is 2.40 bits per heavy atom. The number of hydrogen-bond acceptors (Lipinski definition) is 2. The quantitative estimate of drug-likeness (QED) is 0.740. The van der Waals surface area contributed by atoms with Gasteiger partial charge in [0.05, 0.1) is 5.02 Å². The Morgan fingerprint density at radius 1 is 1.10 bits per heavy atom. The van der Waals surface area contributed by atoms with E-state index >= 15 is 0 Å². The second-order valence-electron chi connectivity index (χ2n) is 4.00. The second kappa shape index (κ2) is 6.90. The van der Waals surface area contributed by atoms with Crippen LogP contribution in [-0.4, -0.2) is 5.76 Å². The van der Waals surface area contributed by atoms with Crippen LogP contribution in [0.2, 0.25) is 5.02 Å². The van der Waals surface area contributed by atoms with E-state index in [1.54, 1.807) is 36.4 Å². The van der Waals surface area contributed by atoms with Crippen molar-refractivity contribution >= 4 is 29.1 Å². The first-order valence-corrected chi connectivity index (χ1v) is 7.03. The van der Waals surface area contributed by atoms with E-state index in [1.807, 2.05) is 0 Å². The number of anilines is 1. The fourth-order valence-corrected chi connectivity index (χ4v) is 2.31. The normalized spacial score (nSPS) is 10.8. The number of thioether (sulfide) groups is 1. The van der Waals surface area contributed by atoms with Crippen LogP contribution in [0.1, 0.15) is 5.56 Å². The van der Waals surface area contributed by atoms with Crippen molar-refractivity contribution in [2.24, 2.45) is 0 Å². The fraction of sp³-hybridized carbons (Fsp3) is 0.143. The van der Waals surface area contributed by atoms with Gasteiger partial charge in [0.25, 0.3) is 5.76 Å². The van der Waals surface area contributed by atoms with Crippen molar-refractivity contribution in [2.75, 3.05) is 5.32 Å². The first-order chi connectivity index (χ1) is 9.54. The standard InChI is InChI=1S/C14H11ClF3NS/c15-12-7-9(1-6-13(12)16)8-19-10-2-4-11(5-3-10)20-14(17)18/h1-7,14,19H,8H2. The highest BCUT2D eigenvalue weighted by Crippen LogP contribution is 2.26. The van der Waals surface area contributed by atoms with Gasteiger partial charge in [0.2, 0.25) is 0 Å². The third-order valence-corrected chi connectivity index (χ3v) is 3.57. The Bertz CT molecular complexity index is 575. The summed E-state index contributed by atoms with van der Waals surface area (Å²) in [7, 11) is 0. The molecule has 0 aliphatic heterocycles. The molecule has 0 saturated carbocycles. The molecule has 0 aliphatic carbocycles. The topological polar surface area (TPSA) is 12.0 Å². The van der Waals surface area contributed by atoms with Crippen molar-refractivity contribution < 1.29 is 13.2 Å². The van der Waals surface area contributed by atoms with Crippen molar-refractivity contribution in [1.82, 2.24) is 0 Å². The van der Waals surface area contributed by atoms with Crippen LogP contribution >= 0.6 is 23.4 Å². The number of halogens is 4. The second-order valence-corrected chi connectivity index (χ2v) is 5.48. The van der Waals surface area contributed by atoms with Gasteiger partial charge in [0.15, 0.2) is 0 Å². The molecule has 0 spiro atoms. The van der Waals surface area contributed by atoms with Crippen molar-refractivity contribution in [3.8, 4) is 0 Å². The van der Waals surface area contributed by atoms with Crippen LogP contribution in [0.3, 0.4) is 0 Å². The molecule has 2 aromatic carbocycles. The molecule has 0 amide bonds. The van der Waals surface area contributed by atoms with E-state index in [-0.39, 0.29) is 5.02 Å². The van der Waals surface area contributed by atoms with Crippen LogP contribution < -0.4 is 5.32 Å². The lowest BCUT2D eigenvalue weighted by Crippen LogP contribution is -1.99. The van der Waals surface area contributed by atoms with Gasteiger partial charge in [0.1, 0.15) is 5.82 Å². The first-order valence-electron chi connectivity index (χ1n) is 5.77. The Labute approximate surface area is 124 Å². The predicted molar refractivity (Wildman–Crippen MR) is 77.0 cm³/mol. The van der Waals surface area contributed by atoms with Crippen molar-refractivity contribution in [3.63, 3.8) is 0 Å². The highest BCUT2D eigenvalue weighted by Gasteiger charge is 2.05. The molecule has 2 rings (SSSR count). The van der Waals surface area contributed by atoms with Crippen molar-refractivity contribution in [3.05, 3.63) is 58.9 Å². The average molecular weight is 318 g/mol. The molecular formula is C14H11ClF3NS. The Hall–Kier alpha value is -1.33. The molecule has 1 nitrogen and oxygen atoms in total. The fourth-order valence-electron chi connectivity index (χ4n) is 1.61. The molecule has 0 fully saturated rings. The lowest BCUT2D eigenvalue weighted by Gasteiger charge is -2.08. The van der Waals surface area contributed by atoms with Gasteiger partial charge in [-0.3, -0.25) is 0 Å². The minimum atomic E-state index is -2.42. The molecule has 2 aromatic rings. The molecule has 0 heterocycles. The van der Waals surface area contributed by atoms with Crippen LogP contribution in [0.4, 0.5) is 18.9 Å². The van der Waals surface area contributed by atoms with Gasteiger partial charge in [-0.15, -0.1) is 0 Å². The maximum Gasteiger partial charge on any atom is 0.288 e. The molecule has 0 bridgehead atoms. The monoisotopic (exact) mass is 317 g/mol. The summed E-state index contributed by atoms with van der Waals surface area (Å²) in [6.07, 6.45) is 0. The van der Waals surface area contributed by atoms with Gasteiger partial charge in [-0.05, 0) is 42.0 Å². The van der Waals surface area contributed by atoms with Gasteiger partial charge < -0.3 is 5.32 Å². The smallest absolute Gasteiger partial charge is 0.288 e. The van der Waals surface area contributed by atoms with Gasteiger partial charge in [-0.1, -0.05) is 29.4 Å². The third-order valence-electron chi connectivity index (χ3n) is 2.56. The zero-order valence-corrected chi connectivity index (χ0v) is 11.8. The van der Waals surface area contributed by atoms with E-state index in [0.29, 0.717) is 23.2 Å². The molecule has 0 unspecified atom stereocenters. The number of benzene rings is 2. The summed E-state index contributed by atoms with van der Waals surface area (Å²) < 4.78 is 37.3. The van der Waals surface area contributed by atoms with E-state index < -0.39 is 11.6 Å². The zero-order valence-electron chi connectivity index (χ0n) is 10.2. The molecule has 0 aromatic heterocycles. The molecule has 0 atom stereocenters. The van der Waals surface area contributed by atoms with Gasteiger partial charge in [-0.25, -0.2) is 4.39 Å². The van der Waals surface area contributed by atoms with E-state index in [4.69, 9.17) is 11.6 Å². The highest BCUT2D eigenvalue weighted by atomic mass is 35.5. The number of hydrogen-bond donors (Lipinski definition) is 1. The van der Waals surface area contributed by atoms with Crippen LogP contribution in [-0.2, 0) is 6.54 Å². The average Bonchev–Trinajstić information content (AvgIpc) is 2.41. The summed E-state index contributed by atoms with van der Waals surface area (Å²) >= 11 is 6.19. The van der Waals surface area contributed by atoms with E-state index in [9.17, 15) is 13.2 Å². The molecule has 106 valence electrons. The third kappa shape index (κ3) is 4.35. The zero-order chi connectivity index (χ0) is 14.5. The highest BCUT2D eigenvalue weighted by molar-refractivity contribution is 7.99. The Morgan fingerprint density at radius 2 is 1.80 bits per heavy atom. The molecule has 6 heteroatoms. The minimum absolute atomic E-state index is 0.0768. The number of alkyl halides is 2. The largest absolute Gasteiger partial charge is 0.381 e. The lowest BCUT2D eigenvalue weighted by atomic mass is 10.2. The van der Waals surface area contributed by atoms with Crippen molar-refractivity contribution in [2.45, 2.75) is 17.2 Å². The Kier molecular flexibility index (Phi) is 5.20. The van der Waals surface area contributed by atoms with E-state index in [2.05, 4.69) is 5.32 Å². The van der Waals surface area contributed by atoms with Gasteiger partial charge in [0, 0.05) is 17.1 Å². The van der Waals surface area contributed by atoms with Crippen LogP contribution in [0.25, 0.3) is 0 Å². The molecule has 0 radical (unpaired) electrons. The van der Waals surface area contributed by atoms with Gasteiger partial charge >= 0.3 is 0 Å². The summed E-state index contributed by atoms with van der Waals surface area (Å²) in [5.41, 5.74) is 1.63. The van der Waals surface area contributed by atoms with Crippen LogP contribution in [0.5, 0.6) is 0 Å². The van der Waals surface area contributed by atoms with E-state index in [1.165, 1.54) is 6.07 Å². The van der Waals surface area contributed by atoms with Crippen LogP contribution in [0.15, 0.2) is 47.4 Å². The number of nitrogens with one attached hydrogen (secondary N) is 1. The Balaban J connectivity index is 1.95. The van der Waals surface area contributed by atoms with Crippen molar-refractivity contribution in [1.29, 1.82) is 0 Å². The molecule has 0 aliphatic rings. The predicted octanol–water partition coefficient (Wildman–Crippen LogP) is 5.41. The molecule has 0 saturated heterocycles. The maximum absolute atomic E-state index is 13.0.